The number of nitrogens with one attached hydrogen (secondary N) is 2. The number of rotatable bonds is 7. The van der Waals surface area contributed by atoms with E-state index >= 15 is 0 Å². The number of aryl methyl sites for hydroxylation is 2. The molecule has 2 heterocycles. The van der Waals surface area contributed by atoms with Gasteiger partial charge < -0.3 is 15.4 Å². The summed E-state index contributed by atoms with van der Waals surface area (Å²) < 4.78 is 0. The summed E-state index contributed by atoms with van der Waals surface area (Å²) >= 11 is 2.78. The first kappa shape index (κ1) is 20.4. The van der Waals surface area contributed by atoms with Gasteiger partial charge in [0, 0.05) is 4.88 Å². The molecule has 0 aromatic carbocycles. The maximum atomic E-state index is 12.3. The Morgan fingerprint density at radius 3 is 2.54 bits per heavy atom. The Bertz CT molecular complexity index is 888. The number of thioether (sulfide) groups is 1. The molecule has 0 aliphatic heterocycles. The van der Waals surface area contributed by atoms with Gasteiger partial charge in [0.25, 0.3) is 5.56 Å². The highest BCUT2D eigenvalue weighted by Crippen LogP contribution is 2.26. The fourth-order valence-electron chi connectivity index (χ4n) is 2.43. The highest BCUT2D eigenvalue weighted by Gasteiger charge is 2.26. The third-order valence-electron chi connectivity index (χ3n) is 4.16. The molecule has 7 nitrogen and oxygen atoms in total. The molecule has 9 heteroatoms. The van der Waals surface area contributed by atoms with Gasteiger partial charge in [-0.25, -0.2) is 9.78 Å². The molecule has 2 atom stereocenters. The van der Waals surface area contributed by atoms with E-state index in [1.807, 2.05) is 13.8 Å². The first-order valence-electron chi connectivity index (χ1n) is 8.25. The van der Waals surface area contributed by atoms with E-state index in [4.69, 9.17) is 5.11 Å². The number of fused-ring (bicyclic) bond motifs is 1. The van der Waals surface area contributed by atoms with Crippen LogP contribution in [0.25, 0.3) is 10.2 Å². The van der Waals surface area contributed by atoms with E-state index in [9.17, 15) is 14.4 Å². The number of hydrogen-bond donors (Lipinski definition) is 3. The van der Waals surface area contributed by atoms with E-state index in [1.165, 1.54) is 23.1 Å². The second-order valence-corrected chi connectivity index (χ2v) is 9.03. The van der Waals surface area contributed by atoms with Crippen molar-refractivity contribution in [2.45, 2.75) is 51.7 Å². The lowest BCUT2D eigenvalue weighted by Crippen LogP contribution is -2.47. The van der Waals surface area contributed by atoms with Crippen molar-refractivity contribution in [3.63, 3.8) is 0 Å². The maximum Gasteiger partial charge on any atom is 0.326 e. The molecule has 0 aliphatic rings. The Kier molecular flexibility index (Phi) is 6.46. The Labute approximate surface area is 159 Å². The minimum Gasteiger partial charge on any atom is -0.480 e. The zero-order valence-corrected chi connectivity index (χ0v) is 17.0. The highest BCUT2D eigenvalue weighted by atomic mass is 32.2. The molecular weight excluding hydrogens is 374 g/mol. The third kappa shape index (κ3) is 4.45. The van der Waals surface area contributed by atoms with Crippen LogP contribution in [0.3, 0.4) is 0 Å². The number of thiophene rings is 1. The number of nitrogens with zero attached hydrogens (tertiary/aromatic N) is 1. The van der Waals surface area contributed by atoms with Crippen molar-refractivity contribution in [3.05, 3.63) is 26.6 Å². The van der Waals surface area contributed by atoms with E-state index in [1.54, 1.807) is 20.8 Å². The topological polar surface area (TPSA) is 112 Å². The van der Waals surface area contributed by atoms with Crippen LogP contribution in [0.15, 0.2) is 4.79 Å². The Morgan fingerprint density at radius 1 is 1.31 bits per heavy atom. The molecule has 142 valence electrons. The van der Waals surface area contributed by atoms with Crippen molar-refractivity contribution >= 4 is 45.2 Å². The van der Waals surface area contributed by atoms with Crippen LogP contribution < -0.4 is 10.9 Å². The summed E-state index contributed by atoms with van der Waals surface area (Å²) in [6.45, 7) is 9.04. The predicted octanol–water partition coefficient (Wildman–Crippen LogP) is 2.45. The highest BCUT2D eigenvalue weighted by molar-refractivity contribution is 7.99. The molecule has 0 saturated heterocycles. The van der Waals surface area contributed by atoms with Crippen LogP contribution in [0.5, 0.6) is 0 Å². The van der Waals surface area contributed by atoms with Gasteiger partial charge in [-0.3, -0.25) is 9.59 Å². The Balaban J connectivity index is 2.06. The molecule has 0 radical (unpaired) electrons. The number of carbonyl (C=O) groups is 2. The molecule has 0 aliphatic carbocycles. The molecule has 0 saturated carbocycles. The number of carboxylic acids is 1. The molecular formula is C17H23N3O4S2. The fourth-order valence-corrected chi connectivity index (χ4v) is 4.24. The largest absolute Gasteiger partial charge is 0.480 e. The van der Waals surface area contributed by atoms with Crippen molar-refractivity contribution in [3.8, 4) is 0 Å². The Hall–Kier alpha value is -1.87. The van der Waals surface area contributed by atoms with Crippen LogP contribution in [0.2, 0.25) is 0 Å². The van der Waals surface area contributed by atoms with Crippen molar-refractivity contribution < 1.29 is 14.7 Å². The molecule has 3 N–H and O–H groups in total. The lowest BCUT2D eigenvalue weighted by atomic mass is 10.0. The van der Waals surface area contributed by atoms with Crippen LogP contribution >= 0.6 is 23.1 Å². The van der Waals surface area contributed by atoms with Crippen molar-refractivity contribution in [1.82, 2.24) is 15.3 Å². The van der Waals surface area contributed by atoms with Crippen LogP contribution in [-0.2, 0) is 15.3 Å². The number of H-pyrrole nitrogens is 1. The standard InChI is InChI=1S/C17H23N3O4S2/c1-7(2)13(17(23)24)20-14(21)10(5)25-6-11-18-15(22)12-8(3)9(4)26-16(12)19-11/h7,10,13H,6H2,1-5H3,(H,20,21)(H,23,24)(H,18,19,22)/t10?,13-/m0/s1. The number of hydrogen-bond acceptors (Lipinski definition) is 6. The normalized spacial score (nSPS) is 13.8. The van der Waals surface area contributed by atoms with E-state index in [0.29, 0.717) is 21.8 Å². The average molecular weight is 398 g/mol. The molecule has 0 fully saturated rings. The van der Waals surface area contributed by atoms with Crippen LogP contribution in [0.1, 0.15) is 37.0 Å². The van der Waals surface area contributed by atoms with Crippen LogP contribution in [0, 0.1) is 19.8 Å². The van der Waals surface area contributed by atoms with E-state index in [2.05, 4.69) is 15.3 Å². The van der Waals surface area contributed by atoms with E-state index < -0.39 is 17.3 Å². The van der Waals surface area contributed by atoms with Crippen molar-refractivity contribution in [1.29, 1.82) is 0 Å². The molecule has 1 unspecified atom stereocenters. The lowest BCUT2D eigenvalue weighted by Gasteiger charge is -2.20. The predicted molar refractivity (Wildman–Crippen MR) is 105 cm³/mol. The van der Waals surface area contributed by atoms with E-state index in [0.717, 1.165) is 10.4 Å². The summed E-state index contributed by atoms with van der Waals surface area (Å²) in [5.74, 6) is -0.742. The van der Waals surface area contributed by atoms with Crippen LogP contribution in [0.4, 0.5) is 0 Å². The van der Waals surface area contributed by atoms with Gasteiger partial charge in [0.1, 0.15) is 16.7 Å². The van der Waals surface area contributed by atoms with Gasteiger partial charge in [-0.05, 0) is 32.3 Å². The second-order valence-electron chi connectivity index (χ2n) is 6.50. The zero-order chi connectivity index (χ0) is 19.6. The van der Waals surface area contributed by atoms with Gasteiger partial charge >= 0.3 is 5.97 Å². The molecule has 26 heavy (non-hydrogen) atoms. The van der Waals surface area contributed by atoms with Gasteiger partial charge in [-0.2, -0.15) is 0 Å². The first-order chi connectivity index (χ1) is 12.1. The number of aliphatic carboxylic acids is 1. The number of aromatic nitrogens is 2. The average Bonchev–Trinajstić information content (AvgIpc) is 2.84. The summed E-state index contributed by atoms with van der Waals surface area (Å²) in [6, 6.07) is -0.920. The molecule has 0 bridgehead atoms. The summed E-state index contributed by atoms with van der Waals surface area (Å²) in [7, 11) is 0. The second kappa shape index (κ2) is 8.22. The van der Waals surface area contributed by atoms with Gasteiger partial charge in [0.05, 0.1) is 16.4 Å². The molecule has 1 amide bonds. The third-order valence-corrected chi connectivity index (χ3v) is 6.41. The number of carbonyl (C=O) groups excluding carboxylic acids is 1. The molecule has 0 spiro atoms. The number of amides is 1. The summed E-state index contributed by atoms with van der Waals surface area (Å²) in [5, 5.41) is 11.9. The number of aromatic amines is 1. The number of carboxylic acid groups (broad SMARTS) is 1. The maximum absolute atomic E-state index is 12.3. The Morgan fingerprint density at radius 2 is 1.96 bits per heavy atom. The first-order valence-corrected chi connectivity index (χ1v) is 10.1. The van der Waals surface area contributed by atoms with Crippen molar-refractivity contribution in [2.24, 2.45) is 5.92 Å². The minimum atomic E-state index is -1.05. The van der Waals surface area contributed by atoms with Gasteiger partial charge in [0.15, 0.2) is 0 Å². The minimum absolute atomic E-state index is 0.171. The lowest BCUT2D eigenvalue weighted by molar-refractivity contribution is -0.143. The van der Waals surface area contributed by atoms with Gasteiger partial charge in [-0.1, -0.05) is 13.8 Å². The monoisotopic (exact) mass is 397 g/mol. The smallest absolute Gasteiger partial charge is 0.326 e. The molecule has 2 aromatic heterocycles. The summed E-state index contributed by atoms with van der Waals surface area (Å²) in [4.78, 5) is 44.7. The van der Waals surface area contributed by atoms with E-state index in [-0.39, 0.29) is 17.4 Å². The zero-order valence-electron chi connectivity index (χ0n) is 15.4. The SMILES string of the molecule is Cc1sc2nc(CSC(C)C(=O)N[C@H](C(=O)O)C(C)C)[nH]c(=O)c2c1C. The quantitative estimate of drug-likeness (QED) is 0.662. The summed E-state index contributed by atoms with van der Waals surface area (Å²) in [6.07, 6.45) is 0. The molecule has 2 rings (SSSR count). The van der Waals surface area contributed by atoms with Gasteiger partial charge in [0.2, 0.25) is 5.91 Å². The molecule has 2 aromatic rings. The van der Waals surface area contributed by atoms with Gasteiger partial charge in [-0.15, -0.1) is 23.1 Å². The van der Waals surface area contributed by atoms with Crippen molar-refractivity contribution in [2.75, 3.05) is 0 Å². The summed E-state index contributed by atoms with van der Waals surface area (Å²) in [5.41, 5.74) is 0.773. The van der Waals surface area contributed by atoms with Crippen LogP contribution in [-0.4, -0.2) is 38.2 Å². The fraction of sp³-hybridized carbons (Fsp3) is 0.529.